The van der Waals surface area contributed by atoms with Gasteiger partial charge in [-0.05, 0) is 44.5 Å². The molecule has 3 aromatic heterocycles. The van der Waals surface area contributed by atoms with Crippen LogP contribution in [0.4, 0.5) is 17.5 Å². The summed E-state index contributed by atoms with van der Waals surface area (Å²) >= 11 is 0. The maximum Gasteiger partial charge on any atom is 0.257 e. The molecule has 0 aliphatic carbocycles. The van der Waals surface area contributed by atoms with Gasteiger partial charge in [-0.1, -0.05) is 0 Å². The van der Waals surface area contributed by atoms with Crippen molar-refractivity contribution in [2.45, 2.75) is 20.8 Å². The van der Waals surface area contributed by atoms with Crippen molar-refractivity contribution in [3.05, 3.63) is 59.4 Å². The second kappa shape index (κ2) is 7.90. The van der Waals surface area contributed by atoms with Gasteiger partial charge in [0.15, 0.2) is 0 Å². The number of carbonyl (C=O) groups excluding carboxylic acids is 1. The Labute approximate surface area is 169 Å². The molecule has 0 bridgehead atoms. The number of nitrogens with one attached hydrogen (secondary N) is 1. The summed E-state index contributed by atoms with van der Waals surface area (Å²) < 4.78 is 5.50. The average Bonchev–Trinajstić information content (AvgIpc) is 3.06. The summed E-state index contributed by atoms with van der Waals surface area (Å²) in [5.74, 6) is 3.72. The van der Waals surface area contributed by atoms with Crippen LogP contribution < -0.4 is 10.2 Å². The molecular formula is C21H24N6O2. The molecule has 150 valence electrons. The summed E-state index contributed by atoms with van der Waals surface area (Å²) in [7, 11) is 0. The second-order valence-electron chi connectivity index (χ2n) is 7.21. The number of aryl methyl sites for hydroxylation is 3. The fourth-order valence-electron chi connectivity index (χ4n) is 3.48. The zero-order chi connectivity index (χ0) is 20.4. The van der Waals surface area contributed by atoms with E-state index in [1.54, 1.807) is 12.5 Å². The third-order valence-corrected chi connectivity index (χ3v) is 4.99. The van der Waals surface area contributed by atoms with Gasteiger partial charge in [0.05, 0.1) is 5.56 Å². The molecule has 0 unspecified atom stereocenters. The van der Waals surface area contributed by atoms with Gasteiger partial charge in [0, 0.05) is 38.4 Å². The van der Waals surface area contributed by atoms with Crippen LogP contribution >= 0.6 is 0 Å². The van der Waals surface area contributed by atoms with Crippen LogP contribution in [0.3, 0.4) is 0 Å². The highest BCUT2D eigenvalue weighted by molar-refractivity contribution is 5.95. The van der Waals surface area contributed by atoms with Gasteiger partial charge < -0.3 is 19.5 Å². The third-order valence-electron chi connectivity index (χ3n) is 4.99. The molecule has 0 atom stereocenters. The average molecular weight is 392 g/mol. The molecule has 1 N–H and O–H groups in total. The molecule has 1 saturated heterocycles. The molecule has 4 heterocycles. The fourth-order valence-corrected chi connectivity index (χ4v) is 3.48. The molecule has 3 aromatic rings. The Morgan fingerprint density at radius 3 is 2.45 bits per heavy atom. The minimum Gasteiger partial charge on any atom is -0.466 e. The molecule has 0 spiro atoms. The van der Waals surface area contributed by atoms with E-state index in [0.29, 0.717) is 43.3 Å². The first-order valence-electron chi connectivity index (χ1n) is 9.62. The Bertz CT molecular complexity index is 1020. The van der Waals surface area contributed by atoms with Crippen LogP contribution in [0.2, 0.25) is 0 Å². The van der Waals surface area contributed by atoms with Crippen LogP contribution in [-0.2, 0) is 0 Å². The van der Waals surface area contributed by atoms with Crippen molar-refractivity contribution in [2.24, 2.45) is 0 Å². The number of hydrogen-bond acceptors (Lipinski definition) is 7. The zero-order valence-corrected chi connectivity index (χ0v) is 16.8. The number of rotatable bonds is 4. The molecule has 1 fully saturated rings. The Hall–Kier alpha value is -3.42. The van der Waals surface area contributed by atoms with E-state index >= 15 is 0 Å². The van der Waals surface area contributed by atoms with Crippen molar-refractivity contribution < 1.29 is 9.21 Å². The van der Waals surface area contributed by atoms with Crippen molar-refractivity contribution in [1.29, 1.82) is 0 Å². The minimum absolute atomic E-state index is 0.0227. The molecule has 29 heavy (non-hydrogen) atoms. The van der Waals surface area contributed by atoms with Crippen LogP contribution in [0.25, 0.3) is 0 Å². The fraction of sp³-hybridized carbons (Fsp3) is 0.333. The summed E-state index contributed by atoms with van der Waals surface area (Å²) in [5.41, 5.74) is 1.77. The van der Waals surface area contributed by atoms with E-state index < -0.39 is 0 Å². The standard InChI is InChI=1S/C21H24N6O2/c1-14-4-5-22-18(10-14)25-19-12-20(24-13-23-19)26-6-8-27(9-7-26)21(28)17-11-15(2)29-16(17)3/h4-5,10-13H,6-9H2,1-3H3,(H,22,23,24,25). The van der Waals surface area contributed by atoms with Gasteiger partial charge in [0.2, 0.25) is 0 Å². The first-order chi connectivity index (χ1) is 14.0. The Morgan fingerprint density at radius 2 is 1.76 bits per heavy atom. The molecule has 8 nitrogen and oxygen atoms in total. The van der Waals surface area contributed by atoms with Gasteiger partial charge in [0.25, 0.3) is 5.91 Å². The lowest BCUT2D eigenvalue weighted by atomic mass is 10.2. The van der Waals surface area contributed by atoms with Gasteiger partial charge in [0.1, 0.15) is 35.3 Å². The summed E-state index contributed by atoms with van der Waals surface area (Å²) in [4.78, 5) is 29.8. The van der Waals surface area contributed by atoms with E-state index in [9.17, 15) is 4.79 Å². The second-order valence-corrected chi connectivity index (χ2v) is 7.21. The summed E-state index contributed by atoms with van der Waals surface area (Å²) in [6.45, 7) is 8.39. The Morgan fingerprint density at radius 1 is 1.00 bits per heavy atom. The molecule has 1 aliphatic rings. The van der Waals surface area contributed by atoms with Crippen LogP contribution in [-0.4, -0.2) is 51.9 Å². The predicted molar refractivity (Wildman–Crippen MR) is 111 cm³/mol. The summed E-state index contributed by atoms with van der Waals surface area (Å²) in [5, 5.41) is 3.22. The van der Waals surface area contributed by atoms with E-state index in [1.807, 2.05) is 49.9 Å². The summed E-state index contributed by atoms with van der Waals surface area (Å²) in [6.07, 6.45) is 3.31. The van der Waals surface area contributed by atoms with Crippen molar-refractivity contribution in [1.82, 2.24) is 19.9 Å². The largest absolute Gasteiger partial charge is 0.466 e. The normalized spacial score (nSPS) is 14.2. The van der Waals surface area contributed by atoms with Gasteiger partial charge in [-0.3, -0.25) is 4.79 Å². The molecule has 1 amide bonds. The van der Waals surface area contributed by atoms with Gasteiger partial charge in [-0.2, -0.15) is 0 Å². The monoisotopic (exact) mass is 392 g/mol. The number of furan rings is 1. The van der Waals surface area contributed by atoms with Crippen LogP contribution in [0.1, 0.15) is 27.4 Å². The van der Waals surface area contributed by atoms with Crippen molar-refractivity contribution >= 4 is 23.4 Å². The number of aromatic nitrogens is 3. The van der Waals surface area contributed by atoms with E-state index in [4.69, 9.17) is 4.42 Å². The number of carbonyl (C=O) groups is 1. The first kappa shape index (κ1) is 18.9. The molecule has 8 heteroatoms. The SMILES string of the molecule is Cc1ccnc(Nc2cc(N3CCN(C(=O)c4cc(C)oc4C)CC3)ncn2)c1. The highest BCUT2D eigenvalue weighted by Gasteiger charge is 2.25. The van der Waals surface area contributed by atoms with Crippen molar-refractivity contribution in [3.8, 4) is 0 Å². The highest BCUT2D eigenvalue weighted by Crippen LogP contribution is 2.21. The number of pyridine rings is 1. The van der Waals surface area contributed by atoms with E-state index in [2.05, 4.69) is 25.2 Å². The number of amides is 1. The van der Waals surface area contributed by atoms with Gasteiger partial charge in [-0.25, -0.2) is 15.0 Å². The highest BCUT2D eigenvalue weighted by atomic mass is 16.3. The first-order valence-corrected chi connectivity index (χ1v) is 9.62. The predicted octanol–water partition coefficient (Wildman–Crippen LogP) is 3.10. The quantitative estimate of drug-likeness (QED) is 0.730. The number of nitrogens with zero attached hydrogens (tertiary/aromatic N) is 5. The smallest absolute Gasteiger partial charge is 0.257 e. The third kappa shape index (κ3) is 4.21. The summed E-state index contributed by atoms with van der Waals surface area (Å²) in [6, 6.07) is 7.63. The number of piperazine rings is 1. The Balaban J connectivity index is 1.41. The maximum absolute atomic E-state index is 12.8. The number of anilines is 3. The maximum atomic E-state index is 12.8. The van der Waals surface area contributed by atoms with Crippen LogP contribution in [0.15, 0.2) is 41.2 Å². The molecule has 0 radical (unpaired) electrons. The Kier molecular flexibility index (Phi) is 5.16. The molecule has 1 aliphatic heterocycles. The topological polar surface area (TPSA) is 87.4 Å². The van der Waals surface area contributed by atoms with Crippen molar-refractivity contribution in [2.75, 3.05) is 36.4 Å². The van der Waals surface area contributed by atoms with Crippen LogP contribution in [0.5, 0.6) is 0 Å². The lowest BCUT2D eigenvalue weighted by molar-refractivity contribution is 0.0744. The number of hydrogen-bond donors (Lipinski definition) is 1. The lowest BCUT2D eigenvalue weighted by Crippen LogP contribution is -2.49. The van der Waals surface area contributed by atoms with E-state index in [0.717, 1.165) is 23.0 Å². The molecular weight excluding hydrogens is 368 g/mol. The van der Waals surface area contributed by atoms with Gasteiger partial charge >= 0.3 is 0 Å². The lowest BCUT2D eigenvalue weighted by Gasteiger charge is -2.35. The van der Waals surface area contributed by atoms with Crippen molar-refractivity contribution in [3.63, 3.8) is 0 Å². The molecule has 0 saturated carbocycles. The molecule has 4 rings (SSSR count). The zero-order valence-electron chi connectivity index (χ0n) is 16.8. The van der Waals surface area contributed by atoms with E-state index in [1.165, 1.54) is 0 Å². The van der Waals surface area contributed by atoms with E-state index in [-0.39, 0.29) is 5.91 Å². The van der Waals surface area contributed by atoms with Crippen LogP contribution in [0, 0.1) is 20.8 Å². The molecule has 0 aromatic carbocycles. The van der Waals surface area contributed by atoms with Gasteiger partial charge in [-0.15, -0.1) is 0 Å². The minimum atomic E-state index is 0.0227.